The number of hydrogen-bond acceptors (Lipinski definition) is 5. The molecule has 1 fully saturated rings. The molecule has 0 aromatic heterocycles. The van der Waals surface area contributed by atoms with Crippen LogP contribution in [0.1, 0.15) is 43.0 Å². The second kappa shape index (κ2) is 9.16. The number of nitrogens with zero attached hydrogens (tertiary/aromatic N) is 1. The van der Waals surface area contributed by atoms with Crippen LogP contribution in [0, 0.1) is 0 Å². The van der Waals surface area contributed by atoms with Crippen molar-refractivity contribution >= 4 is 26.7 Å². The van der Waals surface area contributed by atoms with Gasteiger partial charge in [-0.3, -0.25) is 9.00 Å². The lowest BCUT2D eigenvalue weighted by molar-refractivity contribution is 0.0928. The molecule has 1 N–H and O–H groups in total. The van der Waals surface area contributed by atoms with Crippen LogP contribution in [-0.2, 0) is 20.8 Å². The molecular formula is C18H28N2O5S2. The largest absolute Gasteiger partial charge is 0.495 e. The maximum Gasteiger partial charge on any atom is 0.251 e. The summed E-state index contributed by atoms with van der Waals surface area (Å²) in [5.74, 6) is 0.380. The van der Waals surface area contributed by atoms with Crippen molar-refractivity contribution in [2.45, 2.75) is 48.8 Å². The number of sulfonamides is 1. The van der Waals surface area contributed by atoms with Gasteiger partial charge in [-0.05, 0) is 31.0 Å². The van der Waals surface area contributed by atoms with Gasteiger partial charge in [0.05, 0.1) is 12.4 Å². The van der Waals surface area contributed by atoms with E-state index in [0.29, 0.717) is 5.75 Å². The zero-order valence-electron chi connectivity index (χ0n) is 16.2. The van der Waals surface area contributed by atoms with Gasteiger partial charge in [0.2, 0.25) is 10.0 Å². The van der Waals surface area contributed by atoms with E-state index in [1.54, 1.807) is 0 Å². The summed E-state index contributed by atoms with van der Waals surface area (Å²) in [7, 11) is -0.506. The molecule has 27 heavy (non-hydrogen) atoms. The van der Waals surface area contributed by atoms with Crippen LogP contribution in [0.5, 0.6) is 5.75 Å². The third kappa shape index (κ3) is 4.89. The van der Waals surface area contributed by atoms with E-state index in [4.69, 9.17) is 4.74 Å². The Bertz CT molecular complexity index is 808. The molecule has 1 aliphatic carbocycles. The standard InChI is InChI=1S/C18H28N2O5S2/c1-5-26(22)16-9-7-6-8-14(16)19-18(21)13-10-11-15(25-4)17(12-13)27(23,24)20(2)3/h10-12,14,16H,5-9H2,1-4H3,(H,19,21)/t14-,16-,26+/m0/s1. The molecule has 152 valence electrons. The summed E-state index contributed by atoms with van der Waals surface area (Å²) in [6.07, 6.45) is 3.59. The Balaban J connectivity index is 2.30. The van der Waals surface area contributed by atoms with Gasteiger partial charge in [-0.25, -0.2) is 12.7 Å². The van der Waals surface area contributed by atoms with Crippen molar-refractivity contribution in [3.63, 3.8) is 0 Å². The lowest BCUT2D eigenvalue weighted by atomic mass is 9.94. The number of hydrogen-bond donors (Lipinski definition) is 1. The first-order chi connectivity index (χ1) is 12.7. The topological polar surface area (TPSA) is 92.8 Å². The van der Waals surface area contributed by atoms with Gasteiger partial charge in [0.15, 0.2) is 0 Å². The number of rotatable bonds is 7. The first-order valence-corrected chi connectivity index (χ1v) is 11.8. The third-order valence-electron chi connectivity index (χ3n) is 4.83. The van der Waals surface area contributed by atoms with Crippen LogP contribution in [0.2, 0.25) is 0 Å². The van der Waals surface area contributed by atoms with Crippen molar-refractivity contribution in [2.24, 2.45) is 0 Å². The van der Waals surface area contributed by atoms with Gasteiger partial charge in [0.25, 0.3) is 5.91 Å². The first kappa shape index (κ1) is 21.8. The number of benzene rings is 1. The fourth-order valence-corrected chi connectivity index (χ4v) is 5.76. The molecule has 9 heteroatoms. The van der Waals surface area contributed by atoms with Crippen molar-refractivity contribution in [1.82, 2.24) is 9.62 Å². The molecule has 0 radical (unpaired) electrons. The van der Waals surface area contributed by atoms with Gasteiger partial charge in [-0.2, -0.15) is 0 Å². The fraction of sp³-hybridized carbons (Fsp3) is 0.611. The normalized spacial score (nSPS) is 21.7. The Morgan fingerprint density at radius 2 is 1.96 bits per heavy atom. The highest BCUT2D eigenvalue weighted by Crippen LogP contribution is 2.28. The SMILES string of the molecule is CC[S@@](=O)[C@H]1CCCC[C@@H]1NC(=O)c1ccc(OC)c(S(=O)(=O)N(C)C)c1. The van der Waals surface area contributed by atoms with Gasteiger partial charge in [0, 0.05) is 42.3 Å². The lowest BCUT2D eigenvalue weighted by Crippen LogP contribution is -2.47. The van der Waals surface area contributed by atoms with Crippen LogP contribution < -0.4 is 10.1 Å². The zero-order chi connectivity index (χ0) is 20.2. The zero-order valence-corrected chi connectivity index (χ0v) is 17.9. The molecule has 1 aromatic rings. The Morgan fingerprint density at radius 3 is 2.56 bits per heavy atom. The molecule has 0 bridgehead atoms. The van der Waals surface area contributed by atoms with Gasteiger partial charge < -0.3 is 10.1 Å². The highest BCUT2D eigenvalue weighted by Gasteiger charge is 2.31. The van der Waals surface area contributed by atoms with Crippen LogP contribution in [0.25, 0.3) is 0 Å². The first-order valence-electron chi connectivity index (χ1n) is 9.01. The summed E-state index contributed by atoms with van der Waals surface area (Å²) in [6, 6.07) is 4.19. The Labute approximate surface area is 164 Å². The van der Waals surface area contributed by atoms with E-state index in [1.807, 2.05) is 6.92 Å². The third-order valence-corrected chi connectivity index (χ3v) is 8.47. The second-order valence-electron chi connectivity index (χ2n) is 6.73. The predicted octanol–water partition coefficient (Wildman–Crippen LogP) is 1.76. The summed E-state index contributed by atoms with van der Waals surface area (Å²) in [4.78, 5) is 12.7. The maximum atomic E-state index is 12.8. The van der Waals surface area contributed by atoms with Gasteiger partial charge in [0.1, 0.15) is 10.6 Å². The van der Waals surface area contributed by atoms with E-state index in [-0.39, 0.29) is 33.4 Å². The Kier molecular flexibility index (Phi) is 7.41. The van der Waals surface area contributed by atoms with Crippen LogP contribution >= 0.6 is 0 Å². The van der Waals surface area contributed by atoms with Crippen molar-refractivity contribution in [1.29, 1.82) is 0 Å². The molecule has 1 aromatic carbocycles. The molecule has 7 nitrogen and oxygen atoms in total. The van der Waals surface area contributed by atoms with Crippen molar-refractivity contribution in [3.8, 4) is 5.75 Å². The van der Waals surface area contributed by atoms with Crippen molar-refractivity contribution in [3.05, 3.63) is 23.8 Å². The highest BCUT2D eigenvalue weighted by molar-refractivity contribution is 7.89. The van der Waals surface area contributed by atoms with E-state index in [0.717, 1.165) is 30.0 Å². The Hall–Kier alpha value is -1.45. The summed E-state index contributed by atoms with van der Waals surface area (Å²) >= 11 is 0. The summed E-state index contributed by atoms with van der Waals surface area (Å²) in [5, 5.41) is 2.91. The monoisotopic (exact) mass is 416 g/mol. The number of ether oxygens (including phenoxy) is 1. The average molecular weight is 417 g/mol. The smallest absolute Gasteiger partial charge is 0.251 e. The molecule has 2 rings (SSSR count). The molecule has 0 unspecified atom stereocenters. The molecule has 1 saturated carbocycles. The lowest BCUT2D eigenvalue weighted by Gasteiger charge is -2.31. The minimum Gasteiger partial charge on any atom is -0.495 e. The summed E-state index contributed by atoms with van der Waals surface area (Å²) in [6.45, 7) is 1.88. The van der Waals surface area contributed by atoms with E-state index in [1.165, 1.54) is 39.4 Å². The molecule has 1 aliphatic rings. The number of carbonyl (C=O) groups excluding carboxylic acids is 1. The number of nitrogens with one attached hydrogen (secondary N) is 1. The highest BCUT2D eigenvalue weighted by atomic mass is 32.2. The molecule has 1 amide bonds. The van der Waals surface area contributed by atoms with E-state index >= 15 is 0 Å². The van der Waals surface area contributed by atoms with E-state index in [2.05, 4.69) is 5.32 Å². The van der Waals surface area contributed by atoms with Crippen LogP contribution in [-0.4, -0.2) is 61.1 Å². The van der Waals surface area contributed by atoms with Gasteiger partial charge in [-0.1, -0.05) is 19.8 Å². The quantitative estimate of drug-likeness (QED) is 0.731. The summed E-state index contributed by atoms with van der Waals surface area (Å²) < 4.78 is 43.6. The minimum atomic E-state index is -3.76. The maximum absolute atomic E-state index is 12.8. The number of amides is 1. The predicted molar refractivity (Wildman–Crippen MR) is 106 cm³/mol. The molecular weight excluding hydrogens is 388 g/mol. The van der Waals surface area contributed by atoms with Gasteiger partial charge >= 0.3 is 0 Å². The average Bonchev–Trinajstić information content (AvgIpc) is 2.67. The Morgan fingerprint density at radius 1 is 1.30 bits per heavy atom. The number of carbonyl (C=O) groups is 1. The van der Waals surface area contributed by atoms with Crippen LogP contribution in [0.4, 0.5) is 0 Å². The van der Waals surface area contributed by atoms with Crippen molar-refractivity contribution in [2.75, 3.05) is 27.0 Å². The van der Waals surface area contributed by atoms with Gasteiger partial charge in [-0.15, -0.1) is 0 Å². The molecule has 0 heterocycles. The summed E-state index contributed by atoms with van der Waals surface area (Å²) in [5.41, 5.74) is 0.239. The van der Waals surface area contributed by atoms with Crippen molar-refractivity contribution < 1.29 is 22.2 Å². The van der Waals surface area contributed by atoms with Crippen LogP contribution in [0.15, 0.2) is 23.1 Å². The molecule has 0 saturated heterocycles. The van der Waals surface area contributed by atoms with E-state index in [9.17, 15) is 17.4 Å². The second-order valence-corrected chi connectivity index (χ2v) is 10.8. The molecule has 0 spiro atoms. The molecule has 0 aliphatic heterocycles. The molecule has 3 atom stereocenters. The number of methoxy groups -OCH3 is 1. The fourth-order valence-electron chi connectivity index (χ4n) is 3.26. The van der Waals surface area contributed by atoms with Crippen LogP contribution in [0.3, 0.4) is 0 Å². The van der Waals surface area contributed by atoms with E-state index < -0.39 is 20.8 Å². The minimum absolute atomic E-state index is 0.0556.